The number of hydrogen-bond acceptors (Lipinski definition) is 3. The second kappa shape index (κ2) is 23.9. The van der Waals surface area contributed by atoms with Crippen LogP contribution in [0.2, 0.25) is 0 Å². The van der Waals surface area contributed by atoms with Gasteiger partial charge < -0.3 is 29.0 Å². The number of fused-ring (bicyclic) bond motifs is 2. The molecule has 0 radical (unpaired) electrons. The van der Waals surface area contributed by atoms with Crippen LogP contribution in [-0.2, 0) is 19.5 Å². The van der Waals surface area contributed by atoms with Crippen molar-refractivity contribution >= 4 is 44.8 Å². The Morgan fingerprint density at radius 2 is 1.11 bits per heavy atom. The molecular formula is C43H62BF4O3P2Rh+2. The summed E-state index contributed by atoms with van der Waals surface area (Å²) in [7, 11) is -3.35. The first kappa shape index (κ1) is 52.0. The first-order valence-electron chi connectivity index (χ1n) is 17.9. The van der Waals surface area contributed by atoms with Gasteiger partial charge in [-0.15, -0.1) is 0 Å². The van der Waals surface area contributed by atoms with E-state index < -0.39 is 23.6 Å². The van der Waals surface area contributed by atoms with E-state index in [1.54, 1.807) is 14.2 Å². The predicted octanol–water partition coefficient (Wildman–Crippen LogP) is 7.17. The number of benzene rings is 3. The molecule has 4 atom stereocenters. The Hall–Kier alpha value is -2.03. The fraction of sp³-hybridized carbons (Fsp3) is 0.442. The molecule has 3 aromatic carbocycles. The number of allylic oxidation sites excluding steroid dienone is 4. The molecule has 0 heterocycles. The van der Waals surface area contributed by atoms with E-state index in [1.165, 1.54) is 40.5 Å². The Balaban J connectivity index is 0.00000161. The van der Waals surface area contributed by atoms with Crippen LogP contribution in [0.25, 0.3) is 0 Å². The third-order valence-corrected chi connectivity index (χ3v) is 15.8. The molecule has 3 aromatic rings. The maximum Gasteiger partial charge on any atom is 3.00 e. The van der Waals surface area contributed by atoms with Gasteiger partial charge in [0.2, 0.25) is 0 Å². The number of aryl methyl sites for hydroxylation is 4. The number of methoxy groups -OCH3 is 2. The molecule has 2 bridgehead atoms. The number of halogens is 4. The van der Waals surface area contributed by atoms with Gasteiger partial charge in [-0.2, -0.15) is 0 Å². The molecule has 3 aliphatic carbocycles. The van der Waals surface area contributed by atoms with Crippen LogP contribution in [-0.4, -0.2) is 32.3 Å². The molecule has 6 rings (SSSR count). The molecule has 0 amide bonds. The summed E-state index contributed by atoms with van der Waals surface area (Å²) in [4.78, 5) is 12.3. The standard InChI is InChI=1S/C34H46O3P2.C7H8.2CH3.BF3.FH.Rh/c1-21(2)29-15-14-22(3)16-32(29)39(35)31-13-11-10-12-30(31)38(27-17-23(4)33(36-8)24(5)18-27)28-19-25(6)34(37-9)26(7)20-28;1-2-7-4-3-6(1)5-7;;;2-1(3)4;;/h10-13,17-22,29,32,35H,14-16H2,1-9H3;1-4,6-7H,5H2;2*1H3;;1H;/q;;2*-1;;;+3/p+1/t22-,29+,32-,39?;;;;;;/m1....../s1. The van der Waals surface area contributed by atoms with E-state index in [9.17, 15) is 17.8 Å². The van der Waals surface area contributed by atoms with Crippen molar-refractivity contribution < 1.29 is 51.5 Å². The first-order chi connectivity index (χ1) is 23.7. The molecule has 1 fully saturated rings. The number of rotatable bonds is 8. The van der Waals surface area contributed by atoms with Gasteiger partial charge in [-0.25, -0.2) is 4.89 Å². The summed E-state index contributed by atoms with van der Waals surface area (Å²) in [6.45, 7) is 15.6. The number of ether oxygens (including phenoxy) is 2. The van der Waals surface area contributed by atoms with Crippen LogP contribution in [0.15, 0.2) is 72.8 Å². The Bertz CT molecular complexity index is 1520. The molecule has 300 valence electrons. The minimum absolute atomic E-state index is 0. The average molecular weight is 879 g/mol. The van der Waals surface area contributed by atoms with Crippen LogP contribution in [0.4, 0.5) is 12.9 Å². The van der Waals surface area contributed by atoms with Crippen molar-refractivity contribution in [2.24, 2.45) is 29.6 Å². The summed E-state index contributed by atoms with van der Waals surface area (Å²) in [6, 6.07) is 18.1. The molecule has 1 unspecified atom stereocenters. The molecule has 3 nitrogen and oxygen atoms in total. The Kier molecular flexibility index (Phi) is 23.0. The monoisotopic (exact) mass is 878 g/mol. The minimum Gasteiger partial charge on any atom is -1.00 e. The third-order valence-electron chi connectivity index (χ3n) is 10.5. The molecule has 0 aliphatic heterocycles. The normalized spacial score (nSPS) is 20.8. The maximum absolute atomic E-state index is 12.3. The van der Waals surface area contributed by atoms with E-state index in [1.807, 2.05) is 0 Å². The zero-order valence-corrected chi connectivity index (χ0v) is 37.5. The molecular weight excluding hydrogens is 816 g/mol. The third kappa shape index (κ3) is 13.0. The summed E-state index contributed by atoms with van der Waals surface area (Å²) in [5, 5.41) is 5.20. The van der Waals surface area contributed by atoms with Crippen molar-refractivity contribution in [1.82, 2.24) is 0 Å². The van der Waals surface area contributed by atoms with E-state index in [2.05, 4.69) is 121 Å². The predicted molar refractivity (Wildman–Crippen MR) is 226 cm³/mol. The summed E-state index contributed by atoms with van der Waals surface area (Å²) < 4.78 is 40.5. The quantitative estimate of drug-likeness (QED) is 0.0859. The van der Waals surface area contributed by atoms with Crippen molar-refractivity contribution in [3.8, 4) is 11.5 Å². The fourth-order valence-corrected chi connectivity index (χ4v) is 14.7. The Morgan fingerprint density at radius 1 is 0.722 bits per heavy atom. The summed E-state index contributed by atoms with van der Waals surface area (Å²) in [5.41, 5.74) is 5.01. The van der Waals surface area contributed by atoms with Crippen LogP contribution in [0.5, 0.6) is 11.5 Å². The molecule has 3 aliphatic rings. The molecule has 1 saturated carbocycles. The summed E-state index contributed by atoms with van der Waals surface area (Å²) >= 11 is 0. The van der Waals surface area contributed by atoms with E-state index in [0.717, 1.165) is 52.0 Å². The summed E-state index contributed by atoms with van der Waals surface area (Å²) in [5.74, 6) is 5.38. The molecule has 11 heteroatoms. The smallest absolute Gasteiger partial charge is 1.00 e. The average Bonchev–Trinajstić information content (AvgIpc) is 3.71. The molecule has 0 saturated heterocycles. The van der Waals surface area contributed by atoms with Gasteiger partial charge in [0.05, 0.1) is 14.2 Å². The maximum atomic E-state index is 12.3. The van der Waals surface area contributed by atoms with E-state index in [-0.39, 0.29) is 39.0 Å². The van der Waals surface area contributed by atoms with Crippen LogP contribution in [0.3, 0.4) is 0 Å². The first-order valence-corrected chi connectivity index (χ1v) is 20.9. The molecule has 0 spiro atoms. The number of hydrogen-bond donors (Lipinski definition) is 1. The van der Waals surface area contributed by atoms with Gasteiger partial charge in [-0.1, -0.05) is 63.6 Å². The Morgan fingerprint density at radius 3 is 1.44 bits per heavy atom. The van der Waals surface area contributed by atoms with Gasteiger partial charge in [0.15, 0.2) is 13.5 Å². The second-order valence-electron chi connectivity index (χ2n) is 14.6. The molecule has 0 aromatic heterocycles. The zero-order chi connectivity index (χ0) is 36.7. The SMILES string of the molecule is C1=CC2C=CC1C2.COc1c(C)cc([PH+](c2cc(C)c(OC)c(C)c2)c2ccccc2[PH+](O)[C@@H]2C[C@H](C)CC[C@H]2C(C)C)cc1C.FB(F)F.[CH3-].[CH3-].[F-].[Rh+3]. The van der Waals surface area contributed by atoms with Gasteiger partial charge in [-0.3, -0.25) is 12.9 Å². The van der Waals surface area contributed by atoms with Gasteiger partial charge >= 0.3 is 27.0 Å². The van der Waals surface area contributed by atoms with Crippen LogP contribution in [0, 0.1) is 72.1 Å². The van der Waals surface area contributed by atoms with E-state index >= 15 is 0 Å². The topological polar surface area (TPSA) is 38.7 Å². The van der Waals surface area contributed by atoms with Gasteiger partial charge in [-0.05, 0) is 129 Å². The van der Waals surface area contributed by atoms with Crippen molar-refractivity contribution in [3.63, 3.8) is 0 Å². The zero-order valence-electron chi connectivity index (χ0n) is 33.9. The van der Waals surface area contributed by atoms with Gasteiger partial charge in [0.1, 0.15) is 41.0 Å². The van der Waals surface area contributed by atoms with Crippen molar-refractivity contribution in [2.75, 3.05) is 14.2 Å². The fourth-order valence-electron chi connectivity index (χ4n) is 8.28. The largest absolute Gasteiger partial charge is 3.00 e. The van der Waals surface area contributed by atoms with Crippen molar-refractivity contribution in [3.05, 3.63) is 110 Å². The van der Waals surface area contributed by atoms with Crippen LogP contribution in [0.1, 0.15) is 68.7 Å². The summed E-state index contributed by atoms with van der Waals surface area (Å²) in [6.07, 6.45) is 14.2. The van der Waals surface area contributed by atoms with E-state index in [0.29, 0.717) is 23.4 Å². The van der Waals surface area contributed by atoms with Crippen LogP contribution >= 0.6 is 16.1 Å². The van der Waals surface area contributed by atoms with Gasteiger partial charge in [0.25, 0.3) is 0 Å². The van der Waals surface area contributed by atoms with Crippen molar-refractivity contribution in [1.29, 1.82) is 0 Å². The minimum atomic E-state index is -3.67. The molecule has 1 N–H and O–H groups in total. The van der Waals surface area contributed by atoms with E-state index in [4.69, 9.17) is 9.47 Å². The van der Waals surface area contributed by atoms with Crippen LogP contribution < -0.4 is 35.4 Å². The molecule has 54 heavy (non-hydrogen) atoms. The Labute approximate surface area is 339 Å². The van der Waals surface area contributed by atoms with Crippen molar-refractivity contribution in [2.45, 2.75) is 79.8 Å². The van der Waals surface area contributed by atoms with Gasteiger partial charge in [0, 0.05) is 5.92 Å². The second-order valence-corrected chi connectivity index (χ2v) is 19.1.